The number of benzene rings is 2. The summed E-state index contributed by atoms with van der Waals surface area (Å²) in [5.74, 6) is -0.207. The van der Waals surface area contributed by atoms with Crippen molar-refractivity contribution in [1.29, 1.82) is 0 Å². The molecule has 0 N–H and O–H groups in total. The summed E-state index contributed by atoms with van der Waals surface area (Å²) in [7, 11) is 0. The zero-order valence-corrected chi connectivity index (χ0v) is 13.0. The Bertz CT molecular complexity index is 646. The van der Waals surface area contributed by atoms with Crippen molar-refractivity contribution in [3.05, 3.63) is 70.8 Å². The summed E-state index contributed by atoms with van der Waals surface area (Å²) in [6.07, 6.45) is 5.84. The molecule has 0 aromatic heterocycles. The molecule has 1 atom stereocenters. The van der Waals surface area contributed by atoms with Crippen LogP contribution < -0.4 is 0 Å². The Labute approximate surface area is 132 Å². The highest BCUT2D eigenvalue weighted by Gasteiger charge is 2.32. The van der Waals surface area contributed by atoms with Crippen molar-refractivity contribution in [2.75, 3.05) is 0 Å². The Morgan fingerprint density at radius 2 is 1.82 bits per heavy atom. The topological polar surface area (TPSA) is 26.3 Å². The molecule has 0 saturated carbocycles. The first-order chi connectivity index (χ1) is 10.8. The first kappa shape index (κ1) is 14.8. The number of fused-ring (bicyclic) bond motifs is 1. The Kier molecular flexibility index (Phi) is 4.57. The fourth-order valence-corrected chi connectivity index (χ4v) is 3.04. The van der Waals surface area contributed by atoms with Crippen LogP contribution in [0.1, 0.15) is 65.8 Å². The van der Waals surface area contributed by atoms with Crippen molar-refractivity contribution < 1.29 is 9.53 Å². The van der Waals surface area contributed by atoms with Gasteiger partial charge in [-0.3, -0.25) is 0 Å². The predicted octanol–water partition coefficient (Wildman–Crippen LogP) is 5.07. The molecule has 22 heavy (non-hydrogen) atoms. The maximum atomic E-state index is 12.0. The number of hydrogen-bond donors (Lipinski definition) is 0. The minimum absolute atomic E-state index is 0.207. The van der Waals surface area contributed by atoms with Crippen LogP contribution in [0.4, 0.5) is 0 Å². The van der Waals surface area contributed by atoms with Crippen LogP contribution in [0.2, 0.25) is 0 Å². The number of cyclic esters (lactones) is 1. The number of esters is 1. The average molecular weight is 294 g/mol. The van der Waals surface area contributed by atoms with Gasteiger partial charge in [0.25, 0.3) is 0 Å². The van der Waals surface area contributed by atoms with Gasteiger partial charge in [0.2, 0.25) is 0 Å². The lowest BCUT2D eigenvalue weighted by atomic mass is 9.95. The lowest BCUT2D eigenvalue weighted by Gasteiger charge is -2.11. The monoisotopic (exact) mass is 294 g/mol. The van der Waals surface area contributed by atoms with Gasteiger partial charge in [-0.15, -0.1) is 0 Å². The van der Waals surface area contributed by atoms with Crippen molar-refractivity contribution in [1.82, 2.24) is 0 Å². The number of carbonyl (C=O) groups is 1. The molecular formula is C20H22O2. The minimum Gasteiger partial charge on any atom is -0.449 e. The van der Waals surface area contributed by atoms with E-state index in [1.807, 2.05) is 36.4 Å². The highest BCUT2D eigenvalue weighted by atomic mass is 16.5. The number of hydrogen-bond acceptors (Lipinski definition) is 2. The molecule has 1 unspecified atom stereocenters. The number of rotatable bonds is 6. The summed E-state index contributed by atoms with van der Waals surface area (Å²) in [6, 6.07) is 16.1. The van der Waals surface area contributed by atoms with Gasteiger partial charge >= 0.3 is 5.97 Å². The van der Waals surface area contributed by atoms with E-state index < -0.39 is 0 Å². The van der Waals surface area contributed by atoms with Crippen LogP contribution >= 0.6 is 0 Å². The van der Waals surface area contributed by atoms with Crippen LogP contribution in [0.15, 0.2) is 48.5 Å². The number of unbranched alkanes of at least 4 members (excludes halogenated alkanes) is 3. The quantitative estimate of drug-likeness (QED) is 0.549. The van der Waals surface area contributed by atoms with Gasteiger partial charge in [-0.05, 0) is 30.0 Å². The fourth-order valence-electron chi connectivity index (χ4n) is 3.04. The third kappa shape index (κ3) is 3.06. The third-order valence-corrected chi connectivity index (χ3v) is 4.26. The molecule has 0 saturated heterocycles. The summed E-state index contributed by atoms with van der Waals surface area (Å²) < 4.78 is 5.58. The van der Waals surface area contributed by atoms with Gasteiger partial charge < -0.3 is 4.74 Å². The maximum absolute atomic E-state index is 12.0. The van der Waals surface area contributed by atoms with Crippen molar-refractivity contribution in [3.63, 3.8) is 0 Å². The van der Waals surface area contributed by atoms with Gasteiger partial charge in [0.05, 0.1) is 5.56 Å². The largest absolute Gasteiger partial charge is 0.449 e. The molecule has 0 aliphatic carbocycles. The van der Waals surface area contributed by atoms with E-state index in [-0.39, 0.29) is 12.1 Å². The number of aryl methyl sites for hydroxylation is 1. The van der Waals surface area contributed by atoms with Gasteiger partial charge in [0.1, 0.15) is 0 Å². The van der Waals surface area contributed by atoms with Crippen LogP contribution in [0.5, 0.6) is 0 Å². The smallest absolute Gasteiger partial charge is 0.339 e. The van der Waals surface area contributed by atoms with E-state index in [0.29, 0.717) is 5.56 Å². The van der Waals surface area contributed by atoms with Crippen molar-refractivity contribution in [2.45, 2.75) is 45.1 Å². The third-order valence-electron chi connectivity index (χ3n) is 4.26. The second-order valence-electron chi connectivity index (χ2n) is 5.93. The summed E-state index contributed by atoms with van der Waals surface area (Å²) in [6.45, 7) is 2.23. The Balaban J connectivity index is 1.81. The van der Waals surface area contributed by atoms with Crippen LogP contribution in [-0.4, -0.2) is 5.97 Å². The molecule has 2 heteroatoms. The molecule has 2 aromatic rings. The van der Waals surface area contributed by atoms with Gasteiger partial charge in [0.15, 0.2) is 6.10 Å². The molecule has 114 valence electrons. The molecule has 3 rings (SSSR count). The molecule has 1 heterocycles. The van der Waals surface area contributed by atoms with E-state index in [1.54, 1.807) is 0 Å². The van der Waals surface area contributed by atoms with Gasteiger partial charge in [-0.2, -0.15) is 0 Å². The van der Waals surface area contributed by atoms with E-state index in [1.165, 1.54) is 31.2 Å². The molecule has 1 aliphatic heterocycles. The lowest BCUT2D eigenvalue weighted by molar-refractivity contribution is 0.0456. The zero-order valence-electron chi connectivity index (χ0n) is 13.0. The van der Waals surface area contributed by atoms with Crippen LogP contribution in [0.3, 0.4) is 0 Å². The molecule has 0 fully saturated rings. The normalized spacial score (nSPS) is 16.4. The second-order valence-corrected chi connectivity index (χ2v) is 5.93. The SMILES string of the molecule is CCCCCCc1ccc2c(c1)C(c1ccccc1)OC2=O. The summed E-state index contributed by atoms with van der Waals surface area (Å²) in [4.78, 5) is 12.0. The summed E-state index contributed by atoms with van der Waals surface area (Å²) >= 11 is 0. The van der Waals surface area contributed by atoms with Gasteiger partial charge in [-0.25, -0.2) is 4.79 Å². The van der Waals surface area contributed by atoms with Crippen molar-refractivity contribution >= 4 is 5.97 Å². The maximum Gasteiger partial charge on any atom is 0.339 e. The van der Waals surface area contributed by atoms with Crippen LogP contribution in [0.25, 0.3) is 0 Å². The first-order valence-electron chi connectivity index (χ1n) is 8.18. The highest BCUT2D eigenvalue weighted by molar-refractivity contribution is 5.94. The molecule has 0 radical (unpaired) electrons. The minimum atomic E-state index is -0.251. The Morgan fingerprint density at radius 1 is 1.00 bits per heavy atom. The molecule has 2 aromatic carbocycles. The standard InChI is InChI=1S/C20H22O2/c1-2-3-4-6-9-15-12-13-17-18(14-15)19(22-20(17)21)16-10-7-5-8-11-16/h5,7-8,10-14,19H,2-4,6,9H2,1H3. The predicted molar refractivity (Wildman–Crippen MR) is 88.0 cm³/mol. The van der Waals surface area contributed by atoms with Crippen LogP contribution in [-0.2, 0) is 11.2 Å². The number of carbonyl (C=O) groups excluding carboxylic acids is 1. The van der Waals surface area contributed by atoms with E-state index in [2.05, 4.69) is 19.1 Å². The zero-order chi connectivity index (χ0) is 15.4. The molecule has 2 nitrogen and oxygen atoms in total. The fraction of sp³-hybridized carbons (Fsp3) is 0.350. The first-order valence-corrected chi connectivity index (χ1v) is 8.18. The molecule has 1 aliphatic rings. The summed E-state index contributed by atoms with van der Waals surface area (Å²) in [5.41, 5.74) is 4.07. The van der Waals surface area contributed by atoms with Crippen LogP contribution in [0, 0.1) is 0 Å². The van der Waals surface area contributed by atoms with E-state index in [9.17, 15) is 4.79 Å². The van der Waals surface area contributed by atoms with E-state index >= 15 is 0 Å². The average Bonchev–Trinajstić information content (AvgIpc) is 2.89. The Hall–Kier alpha value is -2.09. The highest BCUT2D eigenvalue weighted by Crippen LogP contribution is 2.36. The molecular weight excluding hydrogens is 272 g/mol. The lowest BCUT2D eigenvalue weighted by Crippen LogP contribution is -2.00. The Morgan fingerprint density at radius 3 is 2.59 bits per heavy atom. The van der Waals surface area contributed by atoms with Gasteiger partial charge in [-0.1, -0.05) is 68.7 Å². The van der Waals surface area contributed by atoms with Crippen molar-refractivity contribution in [3.8, 4) is 0 Å². The second kappa shape index (κ2) is 6.78. The molecule has 0 bridgehead atoms. The van der Waals surface area contributed by atoms with E-state index in [0.717, 1.165) is 17.5 Å². The molecule has 0 amide bonds. The van der Waals surface area contributed by atoms with E-state index in [4.69, 9.17) is 4.74 Å². The molecule has 0 spiro atoms. The summed E-state index contributed by atoms with van der Waals surface area (Å²) in [5, 5.41) is 0. The van der Waals surface area contributed by atoms with Crippen molar-refractivity contribution in [2.24, 2.45) is 0 Å². The van der Waals surface area contributed by atoms with Gasteiger partial charge in [0, 0.05) is 5.56 Å². The number of ether oxygens (including phenoxy) is 1.